The first-order chi connectivity index (χ1) is 17.7. The number of rotatable bonds is 11. The predicted octanol–water partition coefficient (Wildman–Crippen LogP) is 7.63. The number of nitrogens with one attached hydrogen (secondary N) is 3. The molecule has 3 N–H and O–H groups in total. The van der Waals surface area contributed by atoms with Crippen LogP contribution in [-0.4, -0.2) is 21.2 Å². The van der Waals surface area contributed by atoms with Gasteiger partial charge in [0.15, 0.2) is 0 Å². The topological polar surface area (TPSA) is 82.1 Å². The molecule has 0 aliphatic rings. The molecule has 3 aromatic rings. The van der Waals surface area contributed by atoms with Gasteiger partial charge in [0.25, 0.3) is 0 Å². The summed E-state index contributed by atoms with van der Waals surface area (Å²) >= 11 is 0. The van der Waals surface area contributed by atoms with E-state index in [1.54, 1.807) is 12.1 Å². The van der Waals surface area contributed by atoms with Gasteiger partial charge in [-0.3, -0.25) is 0 Å². The molecule has 0 saturated carbocycles. The minimum absolute atomic E-state index is 0.0454. The van der Waals surface area contributed by atoms with Crippen LogP contribution in [-0.2, 0) is 10.0 Å². The van der Waals surface area contributed by atoms with Crippen LogP contribution in [0.25, 0.3) is 0 Å². The van der Waals surface area contributed by atoms with Gasteiger partial charge in [-0.2, -0.15) is 0 Å². The number of benzene rings is 3. The maximum absolute atomic E-state index is 13.4. The standard InChI is InChI=1S/C31H40FN3O2S/c1-20(2)14-28(24-8-13-29(25(17-24)18-33)35-27-11-9-26(32)10-12-27)31(6,7)19-34-38(36,37)30-22(4)15-21(3)16-23(30)5/h8-13,15-18,20,28,33-35H,14,19H2,1-7H3. The zero-order valence-electron chi connectivity index (χ0n) is 23.4. The van der Waals surface area contributed by atoms with Gasteiger partial charge in [0, 0.05) is 29.7 Å². The van der Waals surface area contributed by atoms with E-state index in [1.165, 1.54) is 18.3 Å². The second-order valence-corrected chi connectivity index (χ2v) is 13.0. The quantitative estimate of drug-likeness (QED) is 0.220. The number of hydrogen-bond donors (Lipinski definition) is 3. The van der Waals surface area contributed by atoms with Crippen LogP contribution < -0.4 is 10.0 Å². The number of aryl methyl sites for hydroxylation is 3. The molecule has 7 heteroatoms. The summed E-state index contributed by atoms with van der Waals surface area (Å²) < 4.78 is 43.0. The lowest BCUT2D eigenvalue weighted by molar-refractivity contribution is 0.253. The summed E-state index contributed by atoms with van der Waals surface area (Å²) in [4.78, 5) is 0.349. The number of sulfonamides is 1. The number of hydrogen-bond acceptors (Lipinski definition) is 4. The first kappa shape index (κ1) is 29.5. The van der Waals surface area contributed by atoms with Crippen molar-refractivity contribution in [3.8, 4) is 0 Å². The van der Waals surface area contributed by atoms with E-state index in [2.05, 4.69) is 37.7 Å². The summed E-state index contributed by atoms with van der Waals surface area (Å²) in [5, 5.41) is 11.3. The summed E-state index contributed by atoms with van der Waals surface area (Å²) in [6.07, 6.45) is 2.17. The number of halogens is 1. The molecular weight excluding hydrogens is 497 g/mol. The highest BCUT2D eigenvalue weighted by Gasteiger charge is 2.33. The summed E-state index contributed by atoms with van der Waals surface area (Å²) in [5.41, 5.74) is 5.36. The van der Waals surface area contributed by atoms with Crippen LogP contribution in [0.4, 0.5) is 15.8 Å². The highest BCUT2D eigenvalue weighted by Crippen LogP contribution is 2.41. The third kappa shape index (κ3) is 7.08. The van der Waals surface area contributed by atoms with Gasteiger partial charge in [0.2, 0.25) is 10.0 Å². The zero-order valence-corrected chi connectivity index (χ0v) is 24.3. The van der Waals surface area contributed by atoms with Gasteiger partial charge in [0.05, 0.1) is 4.90 Å². The molecule has 0 aromatic heterocycles. The van der Waals surface area contributed by atoms with Crippen molar-refractivity contribution in [2.24, 2.45) is 11.3 Å². The van der Waals surface area contributed by atoms with Gasteiger partial charge in [-0.25, -0.2) is 17.5 Å². The molecule has 0 fully saturated rings. The molecule has 204 valence electrons. The average Bonchev–Trinajstić information content (AvgIpc) is 2.82. The Kier molecular flexibility index (Phi) is 9.16. The maximum Gasteiger partial charge on any atom is 0.241 e. The van der Waals surface area contributed by atoms with Crippen LogP contribution in [0.1, 0.15) is 67.9 Å². The van der Waals surface area contributed by atoms with E-state index in [1.807, 2.05) is 51.1 Å². The molecule has 0 bridgehead atoms. The SMILES string of the molecule is Cc1cc(C)c(S(=O)(=O)NCC(C)(C)C(CC(C)C)c2ccc(Nc3ccc(F)cc3)c(C=N)c2)c(C)c1. The highest BCUT2D eigenvalue weighted by molar-refractivity contribution is 7.89. The molecule has 0 spiro atoms. The van der Waals surface area contributed by atoms with Gasteiger partial charge >= 0.3 is 0 Å². The Labute approximate surface area is 227 Å². The summed E-state index contributed by atoms with van der Waals surface area (Å²) in [6.45, 7) is 14.4. The molecule has 0 aliphatic carbocycles. The van der Waals surface area contributed by atoms with Crippen LogP contribution in [0, 0.1) is 43.3 Å². The normalized spacial score (nSPS) is 13.0. The van der Waals surface area contributed by atoms with Crippen molar-refractivity contribution in [3.05, 3.63) is 88.2 Å². The van der Waals surface area contributed by atoms with E-state index in [0.29, 0.717) is 16.4 Å². The van der Waals surface area contributed by atoms with Gasteiger partial charge in [-0.05, 0) is 97.5 Å². The fourth-order valence-electron chi connectivity index (χ4n) is 5.16. The number of anilines is 2. The van der Waals surface area contributed by atoms with Gasteiger partial charge < -0.3 is 10.7 Å². The molecular formula is C31H40FN3O2S. The summed E-state index contributed by atoms with van der Waals surface area (Å²) in [5.74, 6) is 0.127. The van der Waals surface area contributed by atoms with E-state index >= 15 is 0 Å². The smallest absolute Gasteiger partial charge is 0.241 e. The zero-order chi connectivity index (χ0) is 28.3. The van der Waals surface area contributed by atoms with Gasteiger partial charge in [0.1, 0.15) is 5.82 Å². The lowest BCUT2D eigenvalue weighted by atomic mass is 9.71. The summed E-state index contributed by atoms with van der Waals surface area (Å²) in [7, 11) is -3.70. The second kappa shape index (κ2) is 11.8. The lowest BCUT2D eigenvalue weighted by Gasteiger charge is -2.36. The second-order valence-electron chi connectivity index (χ2n) is 11.3. The molecule has 1 unspecified atom stereocenters. The average molecular weight is 538 g/mol. The molecule has 3 aromatic carbocycles. The van der Waals surface area contributed by atoms with Gasteiger partial charge in [-0.15, -0.1) is 0 Å². The minimum Gasteiger partial charge on any atom is -0.355 e. The Morgan fingerprint density at radius 2 is 1.58 bits per heavy atom. The first-order valence-electron chi connectivity index (χ1n) is 13.0. The Morgan fingerprint density at radius 3 is 2.13 bits per heavy atom. The van der Waals surface area contributed by atoms with Crippen molar-refractivity contribution in [1.82, 2.24) is 4.72 Å². The first-order valence-corrected chi connectivity index (χ1v) is 14.5. The lowest BCUT2D eigenvalue weighted by Crippen LogP contribution is -2.38. The van der Waals surface area contributed by atoms with E-state index in [9.17, 15) is 12.8 Å². The highest BCUT2D eigenvalue weighted by atomic mass is 32.2. The van der Waals surface area contributed by atoms with E-state index in [-0.39, 0.29) is 18.3 Å². The molecule has 0 radical (unpaired) electrons. The fourth-order valence-corrected chi connectivity index (χ4v) is 6.84. The van der Waals surface area contributed by atoms with E-state index in [0.717, 1.165) is 40.0 Å². The van der Waals surface area contributed by atoms with E-state index < -0.39 is 15.4 Å². The molecule has 0 saturated heterocycles. The Hall–Kier alpha value is -3.03. The van der Waals surface area contributed by atoms with Crippen LogP contribution in [0.2, 0.25) is 0 Å². The monoisotopic (exact) mass is 537 g/mol. The third-order valence-electron chi connectivity index (χ3n) is 7.00. The third-order valence-corrected chi connectivity index (χ3v) is 8.70. The van der Waals surface area contributed by atoms with Crippen molar-refractivity contribution in [3.63, 3.8) is 0 Å². The molecule has 38 heavy (non-hydrogen) atoms. The van der Waals surface area contributed by atoms with Crippen LogP contribution >= 0.6 is 0 Å². The fraction of sp³-hybridized carbons (Fsp3) is 0.387. The molecule has 5 nitrogen and oxygen atoms in total. The molecule has 0 aliphatic heterocycles. The molecule has 3 rings (SSSR count). The van der Waals surface area contributed by atoms with Crippen molar-refractivity contribution in [2.75, 3.05) is 11.9 Å². The maximum atomic E-state index is 13.4. The van der Waals surface area contributed by atoms with Crippen LogP contribution in [0.5, 0.6) is 0 Å². The van der Waals surface area contributed by atoms with Crippen molar-refractivity contribution in [1.29, 1.82) is 5.41 Å². The van der Waals surface area contributed by atoms with Crippen molar-refractivity contribution < 1.29 is 12.8 Å². The largest absolute Gasteiger partial charge is 0.355 e. The minimum atomic E-state index is -3.70. The predicted molar refractivity (Wildman–Crippen MR) is 156 cm³/mol. The van der Waals surface area contributed by atoms with Crippen molar-refractivity contribution in [2.45, 2.75) is 65.7 Å². The molecule has 0 amide bonds. The van der Waals surface area contributed by atoms with Crippen molar-refractivity contribution >= 4 is 27.6 Å². The Bertz CT molecular complexity index is 1370. The van der Waals surface area contributed by atoms with Gasteiger partial charge in [-0.1, -0.05) is 51.5 Å². The summed E-state index contributed by atoms with van der Waals surface area (Å²) in [6, 6.07) is 15.9. The van der Waals surface area contributed by atoms with Crippen LogP contribution in [0.15, 0.2) is 59.5 Å². The molecule has 1 atom stereocenters. The van der Waals surface area contributed by atoms with E-state index in [4.69, 9.17) is 5.41 Å². The Balaban J connectivity index is 1.90. The van der Waals surface area contributed by atoms with Crippen LogP contribution in [0.3, 0.4) is 0 Å². The Morgan fingerprint density at radius 1 is 0.974 bits per heavy atom. The molecule has 0 heterocycles.